The average molecular weight is 1040 g/mol. The van der Waals surface area contributed by atoms with Gasteiger partial charge in [0.05, 0.1) is 33.8 Å². The van der Waals surface area contributed by atoms with E-state index in [-0.39, 0.29) is 11.3 Å². The maximum absolute atomic E-state index is 10.7. The Kier molecular flexibility index (Phi) is 11.3. The second kappa shape index (κ2) is 18.7. The SMILES string of the molecule is Cc1c(-c2nc(-c3ccccc3)cc(-c3ccccc3)n2)cc(-c2nc(-c3ccccc3)cc(-c3ccccc3)n2)c(C)c1-c1cccc(-c2ccc3c(c2)-c2cc4c5ccccc5n(-c5nc(O)c(O)n5C)c4cc2C3(C)C)c1. The molecule has 2 N–H and O–H groups in total. The van der Waals surface area contributed by atoms with Crippen molar-refractivity contribution < 1.29 is 10.2 Å². The van der Waals surface area contributed by atoms with E-state index in [9.17, 15) is 10.2 Å². The van der Waals surface area contributed by atoms with E-state index in [0.29, 0.717) is 17.6 Å². The maximum atomic E-state index is 10.7. The summed E-state index contributed by atoms with van der Waals surface area (Å²) in [5, 5.41) is 23.3. The zero-order valence-corrected chi connectivity index (χ0v) is 44.8. The van der Waals surface area contributed by atoms with Crippen LogP contribution in [0.5, 0.6) is 11.8 Å². The lowest BCUT2D eigenvalue weighted by molar-refractivity contribution is 0.374. The first-order valence-electron chi connectivity index (χ1n) is 26.9. The molecule has 0 aliphatic heterocycles. The Hall–Kier alpha value is -10.2. The Bertz CT molecular complexity index is 4340. The van der Waals surface area contributed by atoms with Gasteiger partial charge in [-0.2, -0.15) is 4.98 Å². The number of hydrogen-bond acceptors (Lipinski definition) is 7. The fourth-order valence-electron chi connectivity index (χ4n) is 12.1. The minimum absolute atomic E-state index is 0.282. The van der Waals surface area contributed by atoms with Crippen molar-refractivity contribution in [2.24, 2.45) is 7.05 Å². The van der Waals surface area contributed by atoms with E-state index in [0.717, 1.165) is 111 Å². The van der Waals surface area contributed by atoms with Crippen molar-refractivity contribution in [3.05, 3.63) is 241 Å². The second-order valence-corrected chi connectivity index (χ2v) is 21.3. The van der Waals surface area contributed by atoms with E-state index < -0.39 is 5.88 Å². The lowest BCUT2D eigenvalue weighted by atomic mass is 9.82. The molecule has 0 saturated carbocycles. The predicted octanol–water partition coefficient (Wildman–Crippen LogP) is 16.8. The van der Waals surface area contributed by atoms with Crippen molar-refractivity contribution in [2.45, 2.75) is 33.1 Å². The van der Waals surface area contributed by atoms with Crippen LogP contribution in [-0.2, 0) is 12.5 Å². The first-order chi connectivity index (χ1) is 39.0. The fraction of sp³-hybridized carbons (Fsp3) is 0.0845. The van der Waals surface area contributed by atoms with Crippen LogP contribution in [0, 0.1) is 13.8 Å². The summed E-state index contributed by atoms with van der Waals surface area (Å²) in [5.41, 5.74) is 21.8. The summed E-state index contributed by atoms with van der Waals surface area (Å²) in [6.45, 7) is 8.96. The first-order valence-corrected chi connectivity index (χ1v) is 26.9. The third-order valence-corrected chi connectivity index (χ3v) is 16.2. The van der Waals surface area contributed by atoms with Crippen LogP contribution in [-0.4, -0.2) is 44.3 Å². The molecule has 0 saturated heterocycles. The van der Waals surface area contributed by atoms with Gasteiger partial charge in [0.2, 0.25) is 5.95 Å². The van der Waals surface area contributed by atoms with Gasteiger partial charge >= 0.3 is 0 Å². The number of para-hydroxylation sites is 1. The lowest BCUT2D eigenvalue weighted by Gasteiger charge is -2.22. The Labute approximate surface area is 463 Å². The van der Waals surface area contributed by atoms with Crippen molar-refractivity contribution in [1.82, 2.24) is 34.1 Å². The molecule has 384 valence electrons. The van der Waals surface area contributed by atoms with Gasteiger partial charge in [-0.1, -0.05) is 184 Å². The number of nitrogens with zero attached hydrogens (tertiary/aromatic N) is 7. The third kappa shape index (κ3) is 7.88. The van der Waals surface area contributed by atoms with Crippen LogP contribution in [0.2, 0.25) is 0 Å². The van der Waals surface area contributed by atoms with E-state index in [1.54, 1.807) is 7.05 Å². The normalized spacial score (nSPS) is 12.5. The number of aromatic nitrogens is 7. The van der Waals surface area contributed by atoms with E-state index in [1.165, 1.54) is 26.8 Å². The van der Waals surface area contributed by atoms with Crippen LogP contribution in [0.3, 0.4) is 0 Å². The highest BCUT2D eigenvalue weighted by molar-refractivity contribution is 6.11. The molecule has 13 aromatic rings. The van der Waals surface area contributed by atoms with Crippen LogP contribution in [0.4, 0.5) is 0 Å². The van der Waals surface area contributed by atoms with Crippen LogP contribution in [0.15, 0.2) is 218 Å². The average Bonchev–Trinajstić information content (AvgIpc) is 4.09. The van der Waals surface area contributed by atoms with Gasteiger partial charge in [0.15, 0.2) is 11.6 Å². The van der Waals surface area contributed by atoms with E-state index >= 15 is 0 Å². The number of benzene rings is 9. The summed E-state index contributed by atoms with van der Waals surface area (Å²) >= 11 is 0. The standard InChI is InChI=1S/C71H53N7O2/c1-42-52(66-72-59(44-21-10-6-11-22-44)40-60(73-66)45-23-12-7-13-24-45)37-53(67-74-61(46-25-14-8-15-26-46)41-62(75-67)47-27-16-9-17-28-47)43(2)65(42)50-30-20-29-48(35-50)49-33-34-57-54(36-49)55-38-56-51-31-18-19-32-63(51)78(64(56)39-58(55)71(57,3)4)70-76-68(79)69(80)77(70)5/h6-41,79-80H,1-5H3. The molecule has 0 amide bonds. The molecule has 0 atom stereocenters. The van der Waals surface area contributed by atoms with Gasteiger partial charge in [-0.05, 0) is 118 Å². The topological polar surface area (TPSA) is 115 Å². The summed E-state index contributed by atoms with van der Waals surface area (Å²) in [5.74, 6) is 0.960. The molecule has 0 unspecified atom stereocenters. The lowest BCUT2D eigenvalue weighted by Crippen LogP contribution is -2.15. The van der Waals surface area contributed by atoms with Crippen molar-refractivity contribution in [3.63, 3.8) is 0 Å². The first kappa shape index (κ1) is 48.1. The minimum atomic E-state index is -0.405. The molecule has 14 rings (SSSR count). The van der Waals surface area contributed by atoms with Gasteiger partial charge in [0, 0.05) is 56.6 Å². The van der Waals surface area contributed by atoms with E-state index in [4.69, 9.17) is 19.9 Å². The van der Waals surface area contributed by atoms with Crippen molar-refractivity contribution in [3.8, 4) is 119 Å². The Morgan fingerprint density at radius 1 is 0.375 bits per heavy atom. The third-order valence-electron chi connectivity index (χ3n) is 16.2. The highest BCUT2D eigenvalue weighted by Crippen LogP contribution is 2.52. The molecule has 0 spiro atoms. The number of fused-ring (bicyclic) bond motifs is 6. The zero-order valence-electron chi connectivity index (χ0n) is 44.8. The van der Waals surface area contributed by atoms with Crippen molar-refractivity contribution >= 4 is 21.8 Å². The molecule has 1 aliphatic carbocycles. The predicted molar refractivity (Wildman–Crippen MR) is 323 cm³/mol. The molecule has 9 aromatic carbocycles. The molecule has 4 heterocycles. The molecule has 1 aliphatic rings. The number of hydrogen-bond donors (Lipinski definition) is 2. The van der Waals surface area contributed by atoms with Crippen LogP contribution in [0.1, 0.15) is 36.1 Å². The largest absolute Gasteiger partial charge is 0.491 e. The fourth-order valence-corrected chi connectivity index (χ4v) is 12.1. The zero-order chi connectivity index (χ0) is 54.4. The van der Waals surface area contributed by atoms with Gasteiger partial charge in [0.1, 0.15) is 0 Å². The quantitative estimate of drug-likeness (QED) is 0.148. The molecule has 0 bridgehead atoms. The van der Waals surface area contributed by atoms with Crippen LogP contribution >= 0.6 is 0 Å². The summed E-state index contributed by atoms with van der Waals surface area (Å²) in [6.07, 6.45) is 0. The van der Waals surface area contributed by atoms with Crippen molar-refractivity contribution in [1.29, 1.82) is 0 Å². The molecular weight excluding hydrogens is 983 g/mol. The van der Waals surface area contributed by atoms with E-state index in [2.05, 4.69) is 166 Å². The molecule has 4 aromatic heterocycles. The summed E-state index contributed by atoms with van der Waals surface area (Å²) in [7, 11) is 1.71. The van der Waals surface area contributed by atoms with Gasteiger partial charge in [-0.3, -0.25) is 9.13 Å². The number of imidazole rings is 1. The highest BCUT2D eigenvalue weighted by atomic mass is 16.3. The number of rotatable bonds is 9. The summed E-state index contributed by atoms with van der Waals surface area (Å²) < 4.78 is 3.56. The minimum Gasteiger partial charge on any atom is -0.491 e. The molecule has 80 heavy (non-hydrogen) atoms. The Morgan fingerprint density at radius 3 is 1.35 bits per heavy atom. The Balaban J connectivity index is 0.963. The number of aromatic hydroxyl groups is 2. The second-order valence-electron chi connectivity index (χ2n) is 21.3. The van der Waals surface area contributed by atoms with Gasteiger partial charge in [-0.25, -0.2) is 19.9 Å². The van der Waals surface area contributed by atoms with Crippen molar-refractivity contribution in [2.75, 3.05) is 0 Å². The Morgan fingerprint density at radius 2 is 0.838 bits per heavy atom. The van der Waals surface area contributed by atoms with Crippen LogP contribution in [0.25, 0.3) is 129 Å². The molecular formula is C71H53N7O2. The monoisotopic (exact) mass is 1040 g/mol. The molecule has 0 radical (unpaired) electrons. The van der Waals surface area contributed by atoms with Gasteiger partial charge < -0.3 is 10.2 Å². The molecule has 9 nitrogen and oxygen atoms in total. The smallest absolute Gasteiger partial charge is 0.276 e. The van der Waals surface area contributed by atoms with E-state index in [1.807, 2.05) is 89.5 Å². The molecule has 0 fully saturated rings. The van der Waals surface area contributed by atoms with Gasteiger partial charge in [0.25, 0.3) is 11.8 Å². The maximum Gasteiger partial charge on any atom is 0.276 e. The highest BCUT2D eigenvalue weighted by Gasteiger charge is 2.37. The summed E-state index contributed by atoms with van der Waals surface area (Å²) in [4.78, 5) is 26.0. The van der Waals surface area contributed by atoms with Gasteiger partial charge in [-0.15, -0.1) is 0 Å². The summed E-state index contributed by atoms with van der Waals surface area (Å²) in [6, 6.07) is 76.2. The van der Waals surface area contributed by atoms with Crippen LogP contribution < -0.4 is 0 Å². The molecule has 9 heteroatoms.